The second kappa shape index (κ2) is 7.89. The van der Waals surface area contributed by atoms with Crippen molar-refractivity contribution in [3.05, 3.63) is 42.2 Å². The van der Waals surface area contributed by atoms with E-state index in [4.69, 9.17) is 4.74 Å². The van der Waals surface area contributed by atoms with Gasteiger partial charge in [-0.1, -0.05) is 0 Å². The molecule has 1 heterocycles. The van der Waals surface area contributed by atoms with Crippen molar-refractivity contribution in [2.75, 3.05) is 19.4 Å². The van der Waals surface area contributed by atoms with Crippen LogP contribution in [0.2, 0.25) is 0 Å². The van der Waals surface area contributed by atoms with Crippen molar-refractivity contribution >= 4 is 17.7 Å². The maximum Gasteiger partial charge on any atom is 0.232 e. The van der Waals surface area contributed by atoms with Crippen LogP contribution in [0.15, 0.2) is 41.6 Å². The van der Waals surface area contributed by atoms with Gasteiger partial charge in [0.25, 0.3) is 0 Å². The molecule has 0 bridgehead atoms. The largest absolute Gasteiger partial charge is 0.494 e. The zero-order valence-corrected chi connectivity index (χ0v) is 14.0. The van der Waals surface area contributed by atoms with Gasteiger partial charge in [0.05, 0.1) is 18.6 Å². The van der Waals surface area contributed by atoms with E-state index in [1.165, 1.54) is 11.8 Å². The number of ether oxygens (including phenoxy) is 1. The number of hydrogen-bond acceptors (Lipinski definition) is 4. The van der Waals surface area contributed by atoms with Crippen molar-refractivity contribution in [3.8, 4) is 5.75 Å². The summed E-state index contributed by atoms with van der Waals surface area (Å²) < 4.78 is 7.14. The number of aromatic nitrogens is 2. The molecule has 0 atom stereocenters. The Morgan fingerprint density at radius 1 is 1.36 bits per heavy atom. The van der Waals surface area contributed by atoms with Crippen molar-refractivity contribution in [2.45, 2.75) is 18.4 Å². The van der Waals surface area contributed by atoms with E-state index in [1.54, 1.807) is 15.8 Å². The average molecular weight is 319 g/mol. The molecule has 0 N–H and O–H groups in total. The Labute approximate surface area is 135 Å². The van der Waals surface area contributed by atoms with Crippen LogP contribution in [0.4, 0.5) is 0 Å². The molecular formula is C16H21N3O2S. The maximum atomic E-state index is 12.2. The first-order valence-electron chi connectivity index (χ1n) is 7.15. The van der Waals surface area contributed by atoms with Gasteiger partial charge in [0.2, 0.25) is 5.91 Å². The molecule has 0 aliphatic heterocycles. The molecule has 1 amide bonds. The number of benzene rings is 1. The molecule has 1 aromatic heterocycles. The molecule has 6 heteroatoms. The molecule has 22 heavy (non-hydrogen) atoms. The van der Waals surface area contributed by atoms with Crippen LogP contribution in [0, 0.1) is 0 Å². The second-order valence-corrected chi connectivity index (χ2v) is 6.01. The fourth-order valence-electron chi connectivity index (χ4n) is 1.97. The molecule has 2 aromatic rings. The Morgan fingerprint density at radius 3 is 2.68 bits per heavy atom. The number of nitrogens with zero attached hydrogens (tertiary/aromatic N) is 3. The van der Waals surface area contributed by atoms with Gasteiger partial charge in [-0.25, -0.2) is 0 Å². The Hall–Kier alpha value is -1.95. The van der Waals surface area contributed by atoms with Gasteiger partial charge >= 0.3 is 0 Å². The first-order valence-corrected chi connectivity index (χ1v) is 8.14. The van der Waals surface area contributed by atoms with Crippen LogP contribution < -0.4 is 4.74 Å². The molecule has 0 saturated heterocycles. The quantitative estimate of drug-likeness (QED) is 0.736. The van der Waals surface area contributed by atoms with Crippen LogP contribution in [0.1, 0.15) is 12.5 Å². The minimum atomic E-state index is 0.0998. The van der Waals surface area contributed by atoms with Gasteiger partial charge in [0, 0.05) is 37.3 Å². The minimum absolute atomic E-state index is 0.0998. The second-order valence-electron chi connectivity index (χ2n) is 4.97. The minimum Gasteiger partial charge on any atom is -0.494 e. The summed E-state index contributed by atoms with van der Waals surface area (Å²) in [6, 6.07) is 7.80. The fourth-order valence-corrected chi connectivity index (χ4v) is 2.81. The molecular weight excluding hydrogens is 298 g/mol. The summed E-state index contributed by atoms with van der Waals surface area (Å²) in [5, 5.41) is 4.11. The topological polar surface area (TPSA) is 47.4 Å². The number of thioether (sulfide) groups is 1. The molecule has 0 saturated carbocycles. The highest BCUT2D eigenvalue weighted by atomic mass is 32.2. The van der Waals surface area contributed by atoms with Gasteiger partial charge in [-0.3, -0.25) is 9.48 Å². The molecule has 1 aromatic carbocycles. The van der Waals surface area contributed by atoms with Crippen LogP contribution in [-0.2, 0) is 18.4 Å². The van der Waals surface area contributed by atoms with Gasteiger partial charge in [0.15, 0.2) is 0 Å². The monoisotopic (exact) mass is 319 g/mol. The van der Waals surface area contributed by atoms with Crippen molar-refractivity contribution in [1.82, 2.24) is 14.7 Å². The average Bonchev–Trinajstić information content (AvgIpc) is 2.91. The third-order valence-corrected chi connectivity index (χ3v) is 4.10. The highest BCUT2D eigenvalue weighted by molar-refractivity contribution is 8.00. The molecule has 0 aliphatic carbocycles. The Kier molecular flexibility index (Phi) is 5.89. The fraction of sp³-hybridized carbons (Fsp3) is 0.375. The van der Waals surface area contributed by atoms with Crippen LogP contribution in [0.3, 0.4) is 0 Å². The van der Waals surface area contributed by atoms with Gasteiger partial charge in [0.1, 0.15) is 5.75 Å². The van der Waals surface area contributed by atoms with Crippen molar-refractivity contribution in [1.29, 1.82) is 0 Å². The number of hydrogen-bond donors (Lipinski definition) is 0. The van der Waals surface area contributed by atoms with Gasteiger partial charge < -0.3 is 9.64 Å². The number of carbonyl (C=O) groups excluding carboxylic acids is 1. The van der Waals surface area contributed by atoms with E-state index in [0.29, 0.717) is 18.9 Å². The molecule has 0 spiro atoms. The van der Waals surface area contributed by atoms with Crippen molar-refractivity contribution in [2.24, 2.45) is 7.05 Å². The number of aryl methyl sites for hydroxylation is 1. The number of carbonyl (C=O) groups is 1. The summed E-state index contributed by atoms with van der Waals surface area (Å²) >= 11 is 1.53. The molecule has 0 aliphatic rings. The predicted molar refractivity (Wildman–Crippen MR) is 88.0 cm³/mol. The van der Waals surface area contributed by atoms with Crippen LogP contribution >= 0.6 is 11.8 Å². The zero-order chi connectivity index (χ0) is 15.9. The predicted octanol–water partition coefficient (Wildman–Crippen LogP) is 2.57. The smallest absolute Gasteiger partial charge is 0.232 e. The first kappa shape index (κ1) is 16.4. The third kappa shape index (κ3) is 4.80. The van der Waals surface area contributed by atoms with Crippen molar-refractivity contribution in [3.63, 3.8) is 0 Å². The van der Waals surface area contributed by atoms with E-state index in [1.807, 2.05) is 51.5 Å². The standard InChI is InChI=1S/C16H21N3O2S/c1-4-21-14-5-7-15(8-6-14)22-12-16(20)18(2)10-13-9-17-19(3)11-13/h5-9,11H,4,10,12H2,1-3H3. The third-order valence-electron chi connectivity index (χ3n) is 3.10. The van der Waals surface area contributed by atoms with E-state index in [0.717, 1.165) is 16.2 Å². The lowest BCUT2D eigenvalue weighted by atomic mass is 10.3. The lowest BCUT2D eigenvalue weighted by Gasteiger charge is -2.16. The zero-order valence-electron chi connectivity index (χ0n) is 13.2. The van der Waals surface area contributed by atoms with E-state index >= 15 is 0 Å². The summed E-state index contributed by atoms with van der Waals surface area (Å²) in [5.41, 5.74) is 1.03. The Bertz CT molecular complexity index is 610. The molecule has 5 nitrogen and oxygen atoms in total. The van der Waals surface area contributed by atoms with Gasteiger partial charge in [-0.05, 0) is 31.2 Å². The lowest BCUT2D eigenvalue weighted by molar-refractivity contribution is -0.127. The van der Waals surface area contributed by atoms with E-state index in [-0.39, 0.29) is 5.91 Å². The summed E-state index contributed by atoms with van der Waals surface area (Å²) in [6.07, 6.45) is 3.70. The Balaban J connectivity index is 1.81. The summed E-state index contributed by atoms with van der Waals surface area (Å²) in [7, 11) is 3.68. The number of rotatable bonds is 7. The molecule has 2 rings (SSSR count). The highest BCUT2D eigenvalue weighted by Gasteiger charge is 2.10. The highest BCUT2D eigenvalue weighted by Crippen LogP contribution is 2.21. The summed E-state index contributed by atoms with van der Waals surface area (Å²) in [4.78, 5) is 14.9. The lowest BCUT2D eigenvalue weighted by Crippen LogP contribution is -2.27. The van der Waals surface area contributed by atoms with Crippen LogP contribution in [-0.4, -0.2) is 40.0 Å². The molecule has 0 fully saturated rings. The van der Waals surface area contributed by atoms with E-state index in [2.05, 4.69) is 5.10 Å². The maximum absolute atomic E-state index is 12.2. The molecule has 118 valence electrons. The van der Waals surface area contributed by atoms with Crippen molar-refractivity contribution < 1.29 is 9.53 Å². The van der Waals surface area contributed by atoms with Gasteiger partial charge in [-0.15, -0.1) is 11.8 Å². The number of amides is 1. The Morgan fingerprint density at radius 2 is 2.09 bits per heavy atom. The SMILES string of the molecule is CCOc1ccc(SCC(=O)N(C)Cc2cnn(C)c2)cc1. The van der Waals surface area contributed by atoms with E-state index in [9.17, 15) is 4.79 Å². The first-order chi connectivity index (χ1) is 10.6. The van der Waals surface area contributed by atoms with Crippen LogP contribution in [0.5, 0.6) is 5.75 Å². The normalized spacial score (nSPS) is 10.5. The van der Waals surface area contributed by atoms with E-state index < -0.39 is 0 Å². The van der Waals surface area contributed by atoms with Gasteiger partial charge in [-0.2, -0.15) is 5.10 Å². The molecule has 0 unspecified atom stereocenters. The summed E-state index contributed by atoms with van der Waals surface area (Å²) in [5.74, 6) is 1.37. The summed E-state index contributed by atoms with van der Waals surface area (Å²) in [6.45, 7) is 3.19. The molecule has 0 radical (unpaired) electrons. The van der Waals surface area contributed by atoms with Crippen LogP contribution in [0.25, 0.3) is 0 Å².